The molecule has 3 atom stereocenters. The fraction of sp³-hybridized carbons (Fsp3) is 0.133. The summed E-state index contributed by atoms with van der Waals surface area (Å²) in [5.74, 6) is -0.358. The number of ether oxygens (including phenoxy) is 1. The van der Waals surface area contributed by atoms with E-state index < -0.39 is 34.3 Å². The van der Waals surface area contributed by atoms with Gasteiger partial charge in [-0.2, -0.15) is 0 Å². The van der Waals surface area contributed by atoms with Gasteiger partial charge in [-0.3, -0.25) is 24.5 Å². The number of carbonyl (C=O) groups is 2. The Morgan fingerprint density at radius 3 is 1.97 bits per heavy atom. The van der Waals surface area contributed by atoms with E-state index in [1.807, 2.05) is 42.5 Å². The standard InChI is InChI=1S/C30H23N3O6/c1-38-25-18-12-20(13-19-25)26-30(21-14-16-24(17-15-21)33(36)37)27(39-32(26)23-10-6-3-7-11-23)28(34)31(29(30)35)22-8-4-2-5-9-22/h2-19,26-27H,1H3/t26-,27-,30-/m0/s1. The molecule has 2 heterocycles. The van der Waals surface area contributed by atoms with Gasteiger partial charge in [0.1, 0.15) is 17.2 Å². The van der Waals surface area contributed by atoms with E-state index in [2.05, 4.69) is 0 Å². The number of hydrogen-bond acceptors (Lipinski definition) is 7. The lowest BCUT2D eigenvalue weighted by Gasteiger charge is -2.35. The van der Waals surface area contributed by atoms with E-state index in [0.717, 1.165) is 4.90 Å². The van der Waals surface area contributed by atoms with Gasteiger partial charge in [-0.25, -0.2) is 9.96 Å². The van der Waals surface area contributed by atoms with Crippen LogP contribution in [0.5, 0.6) is 5.75 Å². The summed E-state index contributed by atoms with van der Waals surface area (Å²) >= 11 is 0. The first-order chi connectivity index (χ1) is 19.0. The fourth-order valence-electron chi connectivity index (χ4n) is 5.54. The summed E-state index contributed by atoms with van der Waals surface area (Å²) in [7, 11) is 1.56. The smallest absolute Gasteiger partial charge is 0.269 e. The zero-order chi connectivity index (χ0) is 27.1. The number of amides is 2. The van der Waals surface area contributed by atoms with E-state index >= 15 is 0 Å². The molecule has 2 aliphatic rings. The number of fused-ring (bicyclic) bond motifs is 1. The minimum atomic E-state index is -1.55. The van der Waals surface area contributed by atoms with Crippen LogP contribution < -0.4 is 14.7 Å². The maximum atomic E-state index is 14.7. The summed E-state index contributed by atoms with van der Waals surface area (Å²) < 4.78 is 5.35. The molecule has 6 rings (SSSR count). The van der Waals surface area contributed by atoms with Gasteiger partial charge in [0, 0.05) is 12.1 Å². The Labute approximate surface area is 223 Å². The van der Waals surface area contributed by atoms with E-state index in [1.165, 1.54) is 12.1 Å². The number of non-ortho nitro benzene ring substituents is 1. The Kier molecular flexibility index (Phi) is 5.85. The van der Waals surface area contributed by atoms with Crippen LogP contribution in [0.2, 0.25) is 0 Å². The van der Waals surface area contributed by atoms with Crippen LogP contribution in [0.1, 0.15) is 17.2 Å². The summed E-state index contributed by atoms with van der Waals surface area (Å²) in [6.45, 7) is 0. The zero-order valence-corrected chi connectivity index (χ0v) is 20.8. The van der Waals surface area contributed by atoms with Crippen LogP contribution in [0, 0.1) is 10.1 Å². The van der Waals surface area contributed by atoms with Gasteiger partial charge in [0.25, 0.3) is 11.6 Å². The topological polar surface area (TPSA) is 102 Å². The summed E-state index contributed by atoms with van der Waals surface area (Å²) in [4.78, 5) is 47.2. The number of rotatable bonds is 6. The Morgan fingerprint density at radius 1 is 0.821 bits per heavy atom. The number of nitro benzene ring substituents is 1. The second-order valence-electron chi connectivity index (χ2n) is 9.31. The van der Waals surface area contributed by atoms with Gasteiger partial charge in [-0.05, 0) is 47.5 Å². The average molecular weight is 522 g/mol. The third-order valence-electron chi connectivity index (χ3n) is 7.31. The minimum Gasteiger partial charge on any atom is -0.497 e. The third-order valence-corrected chi connectivity index (χ3v) is 7.31. The van der Waals surface area contributed by atoms with Crippen molar-refractivity contribution < 1.29 is 24.1 Å². The lowest BCUT2D eigenvalue weighted by molar-refractivity contribution is -0.384. The van der Waals surface area contributed by atoms with Gasteiger partial charge in [0.2, 0.25) is 5.91 Å². The number of hydroxylamine groups is 1. The summed E-state index contributed by atoms with van der Waals surface area (Å²) in [6, 6.07) is 30.1. The number of methoxy groups -OCH3 is 1. The second kappa shape index (κ2) is 9.38. The normalized spacial score (nSPS) is 22.2. The zero-order valence-electron chi connectivity index (χ0n) is 20.8. The first-order valence-electron chi connectivity index (χ1n) is 12.3. The number of hydrogen-bond donors (Lipinski definition) is 0. The van der Waals surface area contributed by atoms with E-state index in [1.54, 1.807) is 66.8 Å². The number of nitro groups is 1. The molecule has 2 aliphatic heterocycles. The van der Waals surface area contributed by atoms with Crippen molar-refractivity contribution in [1.29, 1.82) is 0 Å². The Morgan fingerprint density at radius 2 is 1.41 bits per heavy atom. The molecule has 2 fully saturated rings. The molecule has 0 aromatic heterocycles. The van der Waals surface area contributed by atoms with Crippen LogP contribution in [-0.4, -0.2) is 30.0 Å². The average Bonchev–Trinajstić information content (AvgIpc) is 3.45. The van der Waals surface area contributed by atoms with Crippen LogP contribution in [0.15, 0.2) is 109 Å². The highest BCUT2D eigenvalue weighted by atomic mass is 16.7. The van der Waals surface area contributed by atoms with Crippen LogP contribution in [0.4, 0.5) is 17.1 Å². The number of imide groups is 1. The third kappa shape index (κ3) is 3.66. The molecule has 0 saturated carbocycles. The molecular formula is C30H23N3O6. The molecule has 0 bridgehead atoms. The molecule has 4 aromatic carbocycles. The molecule has 0 radical (unpaired) electrons. The highest BCUT2D eigenvalue weighted by Gasteiger charge is 2.72. The first kappa shape index (κ1) is 24.3. The van der Waals surface area contributed by atoms with E-state index in [4.69, 9.17) is 9.57 Å². The number of nitrogens with zero attached hydrogens (tertiary/aromatic N) is 3. The maximum absolute atomic E-state index is 14.7. The Hall–Kier alpha value is -5.02. The second-order valence-corrected chi connectivity index (χ2v) is 9.31. The quantitative estimate of drug-likeness (QED) is 0.200. The predicted molar refractivity (Wildman–Crippen MR) is 143 cm³/mol. The first-order valence-corrected chi connectivity index (χ1v) is 12.3. The lowest BCUT2D eigenvalue weighted by Crippen LogP contribution is -2.46. The Bertz CT molecular complexity index is 1540. The van der Waals surface area contributed by atoms with Crippen LogP contribution in [0.3, 0.4) is 0 Å². The number of para-hydroxylation sites is 2. The van der Waals surface area contributed by atoms with Gasteiger partial charge < -0.3 is 4.74 Å². The molecular weight excluding hydrogens is 498 g/mol. The number of anilines is 2. The molecule has 0 spiro atoms. The maximum Gasteiger partial charge on any atom is 0.269 e. The van der Waals surface area contributed by atoms with Gasteiger partial charge in [0.05, 0.1) is 23.4 Å². The molecule has 9 heteroatoms. The monoisotopic (exact) mass is 521 g/mol. The Balaban J connectivity index is 1.62. The molecule has 9 nitrogen and oxygen atoms in total. The predicted octanol–water partition coefficient (Wildman–Crippen LogP) is 4.98. The lowest BCUT2D eigenvalue weighted by atomic mass is 9.69. The van der Waals surface area contributed by atoms with Crippen molar-refractivity contribution in [2.75, 3.05) is 17.1 Å². The van der Waals surface area contributed by atoms with Crippen molar-refractivity contribution in [3.63, 3.8) is 0 Å². The van der Waals surface area contributed by atoms with Crippen molar-refractivity contribution in [3.8, 4) is 5.75 Å². The van der Waals surface area contributed by atoms with Gasteiger partial charge >= 0.3 is 0 Å². The van der Waals surface area contributed by atoms with Crippen molar-refractivity contribution in [3.05, 3.63) is 130 Å². The van der Waals surface area contributed by atoms with Crippen molar-refractivity contribution >= 4 is 28.9 Å². The SMILES string of the molecule is COc1ccc([C@@H]2N(c3ccccc3)O[C@H]3C(=O)N(c4ccccc4)C(=O)[C@@]23c2ccc([N+](=O)[O-])cc2)cc1. The van der Waals surface area contributed by atoms with Gasteiger partial charge in [-0.15, -0.1) is 0 Å². The van der Waals surface area contributed by atoms with Gasteiger partial charge in [-0.1, -0.05) is 60.7 Å². The van der Waals surface area contributed by atoms with Gasteiger partial charge in [0.15, 0.2) is 6.10 Å². The summed E-state index contributed by atoms with van der Waals surface area (Å²) in [5, 5.41) is 13.0. The summed E-state index contributed by atoms with van der Waals surface area (Å²) in [6.07, 6.45) is -1.22. The molecule has 0 unspecified atom stereocenters. The van der Waals surface area contributed by atoms with Crippen LogP contribution in [-0.2, 0) is 19.8 Å². The van der Waals surface area contributed by atoms with E-state index in [-0.39, 0.29) is 5.69 Å². The van der Waals surface area contributed by atoms with E-state index in [0.29, 0.717) is 28.3 Å². The van der Waals surface area contributed by atoms with E-state index in [9.17, 15) is 19.7 Å². The van der Waals surface area contributed by atoms with Crippen LogP contribution in [0.25, 0.3) is 0 Å². The van der Waals surface area contributed by atoms with Crippen molar-refractivity contribution in [2.45, 2.75) is 17.6 Å². The molecule has 0 aliphatic carbocycles. The van der Waals surface area contributed by atoms with Crippen molar-refractivity contribution in [2.24, 2.45) is 0 Å². The molecule has 2 saturated heterocycles. The fourth-order valence-corrected chi connectivity index (χ4v) is 5.54. The number of carbonyl (C=O) groups excluding carboxylic acids is 2. The molecule has 39 heavy (non-hydrogen) atoms. The summed E-state index contributed by atoms with van der Waals surface area (Å²) in [5.41, 5.74) is 0.549. The minimum absolute atomic E-state index is 0.122. The highest BCUT2D eigenvalue weighted by molar-refractivity contribution is 6.28. The number of benzene rings is 4. The molecule has 2 amide bonds. The molecule has 194 valence electrons. The van der Waals surface area contributed by atoms with Crippen LogP contribution >= 0.6 is 0 Å². The highest BCUT2D eigenvalue weighted by Crippen LogP contribution is 2.57. The largest absolute Gasteiger partial charge is 0.497 e. The molecule has 4 aromatic rings. The molecule has 0 N–H and O–H groups in total. The van der Waals surface area contributed by atoms with Crippen molar-refractivity contribution in [1.82, 2.24) is 0 Å².